The van der Waals surface area contributed by atoms with Gasteiger partial charge in [-0.1, -0.05) is 0 Å². The second kappa shape index (κ2) is 3.22. The summed E-state index contributed by atoms with van der Waals surface area (Å²) in [6.07, 6.45) is 1.34. The van der Waals surface area contributed by atoms with Crippen molar-refractivity contribution in [1.82, 2.24) is 4.57 Å². The van der Waals surface area contributed by atoms with Crippen LogP contribution < -0.4 is 0 Å². The van der Waals surface area contributed by atoms with Gasteiger partial charge in [0, 0.05) is 18.9 Å². The van der Waals surface area contributed by atoms with E-state index in [2.05, 4.69) is 0 Å². The Bertz CT molecular complexity index is 272. The van der Waals surface area contributed by atoms with Gasteiger partial charge in [-0.3, -0.25) is 0 Å². The summed E-state index contributed by atoms with van der Waals surface area (Å²) in [7, 11) is 1.84. The second-order valence-electron chi connectivity index (χ2n) is 2.42. The molecule has 0 aromatic carbocycles. The van der Waals surface area contributed by atoms with Gasteiger partial charge in [0.2, 0.25) is 0 Å². The van der Waals surface area contributed by atoms with Gasteiger partial charge in [-0.15, -0.1) is 0 Å². The van der Waals surface area contributed by atoms with Gasteiger partial charge in [-0.25, -0.2) is 0 Å². The molecule has 58 valence electrons. The van der Waals surface area contributed by atoms with E-state index < -0.39 is 6.10 Å². The lowest BCUT2D eigenvalue weighted by Gasteiger charge is -2.06. The quantitative estimate of drug-likeness (QED) is 0.683. The Morgan fingerprint density at radius 1 is 1.82 bits per heavy atom. The summed E-state index contributed by atoms with van der Waals surface area (Å²) < 4.78 is 1.81. The van der Waals surface area contributed by atoms with Gasteiger partial charge in [0.1, 0.15) is 6.10 Å². The summed E-state index contributed by atoms with van der Waals surface area (Å²) in [5.41, 5.74) is 0.784. The van der Waals surface area contributed by atoms with Crippen LogP contribution in [0.3, 0.4) is 0 Å². The van der Waals surface area contributed by atoms with Gasteiger partial charge in [0.15, 0.2) is 0 Å². The Hall–Kier alpha value is -1.27. The molecule has 0 amide bonds. The highest BCUT2D eigenvalue weighted by Gasteiger charge is 2.08. The van der Waals surface area contributed by atoms with Crippen molar-refractivity contribution in [3.05, 3.63) is 24.0 Å². The van der Waals surface area contributed by atoms with Crippen LogP contribution in [-0.4, -0.2) is 9.67 Å². The molecule has 3 heteroatoms. The first-order valence-corrected chi connectivity index (χ1v) is 3.42. The fourth-order valence-electron chi connectivity index (χ4n) is 1.01. The van der Waals surface area contributed by atoms with Gasteiger partial charge >= 0.3 is 0 Å². The summed E-state index contributed by atoms with van der Waals surface area (Å²) in [6.45, 7) is 0. The fraction of sp³-hybridized carbons (Fsp3) is 0.375. The summed E-state index contributed by atoms with van der Waals surface area (Å²) >= 11 is 0. The summed E-state index contributed by atoms with van der Waals surface area (Å²) in [6, 6.07) is 5.57. The Balaban J connectivity index is 2.77. The minimum absolute atomic E-state index is 0.151. The topological polar surface area (TPSA) is 49.0 Å². The zero-order valence-electron chi connectivity index (χ0n) is 6.36. The molecule has 0 aliphatic rings. The van der Waals surface area contributed by atoms with Crippen molar-refractivity contribution in [2.75, 3.05) is 0 Å². The van der Waals surface area contributed by atoms with E-state index in [1.807, 2.05) is 36.0 Å². The lowest BCUT2D eigenvalue weighted by atomic mass is 10.2. The second-order valence-corrected chi connectivity index (χ2v) is 2.42. The predicted octanol–water partition coefficient (Wildman–Crippen LogP) is 0.972. The zero-order chi connectivity index (χ0) is 8.27. The first-order chi connectivity index (χ1) is 5.25. The number of aryl methyl sites for hydroxylation is 1. The minimum atomic E-state index is -0.653. The maximum Gasteiger partial charge on any atom is 0.107 e. The molecule has 3 nitrogen and oxygen atoms in total. The van der Waals surface area contributed by atoms with E-state index >= 15 is 0 Å². The number of aromatic nitrogens is 1. The lowest BCUT2D eigenvalue weighted by molar-refractivity contribution is 0.175. The summed E-state index contributed by atoms with van der Waals surface area (Å²) in [4.78, 5) is 0. The highest BCUT2D eigenvalue weighted by molar-refractivity contribution is 5.10. The molecular formula is C8H10N2O. The van der Waals surface area contributed by atoms with Crippen LogP contribution in [0.1, 0.15) is 18.2 Å². The normalized spacial score (nSPS) is 12.5. The summed E-state index contributed by atoms with van der Waals surface area (Å²) in [5.74, 6) is 0. The monoisotopic (exact) mass is 150 g/mol. The van der Waals surface area contributed by atoms with Gasteiger partial charge in [0.05, 0.1) is 12.5 Å². The molecule has 1 heterocycles. The van der Waals surface area contributed by atoms with Crippen molar-refractivity contribution in [2.45, 2.75) is 12.5 Å². The van der Waals surface area contributed by atoms with E-state index in [9.17, 15) is 5.11 Å². The molecule has 0 fully saturated rings. The number of nitrogens with zero attached hydrogens (tertiary/aromatic N) is 2. The first kappa shape index (κ1) is 7.83. The molecule has 0 radical (unpaired) electrons. The molecule has 0 spiro atoms. The lowest BCUT2D eigenvalue weighted by Crippen LogP contribution is -2.02. The van der Waals surface area contributed by atoms with Gasteiger partial charge in [0.25, 0.3) is 0 Å². The van der Waals surface area contributed by atoms with Crippen molar-refractivity contribution in [3.63, 3.8) is 0 Å². The van der Waals surface area contributed by atoms with E-state index in [0.29, 0.717) is 0 Å². The number of aliphatic hydroxyl groups is 1. The highest BCUT2D eigenvalue weighted by atomic mass is 16.3. The molecule has 0 saturated heterocycles. The van der Waals surface area contributed by atoms with Gasteiger partial charge < -0.3 is 9.67 Å². The molecule has 0 saturated carbocycles. The zero-order valence-corrected chi connectivity index (χ0v) is 6.36. The van der Waals surface area contributed by atoms with Gasteiger partial charge in [-0.05, 0) is 12.1 Å². The van der Waals surface area contributed by atoms with Crippen molar-refractivity contribution < 1.29 is 5.11 Å². The minimum Gasteiger partial charge on any atom is -0.386 e. The SMILES string of the molecule is Cn1cccc1C(O)CC#N. The molecule has 1 aromatic heterocycles. The molecule has 1 N–H and O–H groups in total. The van der Waals surface area contributed by atoms with E-state index in [1.165, 1.54) is 0 Å². The molecule has 0 aliphatic carbocycles. The average molecular weight is 150 g/mol. The van der Waals surface area contributed by atoms with Crippen molar-refractivity contribution in [1.29, 1.82) is 5.26 Å². The Morgan fingerprint density at radius 3 is 3.00 bits per heavy atom. The van der Waals surface area contributed by atoms with Gasteiger partial charge in [-0.2, -0.15) is 5.26 Å². The highest BCUT2D eigenvalue weighted by Crippen LogP contribution is 2.14. The van der Waals surface area contributed by atoms with Crippen LogP contribution in [0.15, 0.2) is 18.3 Å². The fourth-order valence-corrected chi connectivity index (χ4v) is 1.01. The van der Waals surface area contributed by atoms with E-state index in [-0.39, 0.29) is 6.42 Å². The number of hydrogen-bond acceptors (Lipinski definition) is 2. The third-order valence-electron chi connectivity index (χ3n) is 1.61. The van der Waals surface area contributed by atoms with E-state index in [1.54, 1.807) is 0 Å². The number of hydrogen-bond donors (Lipinski definition) is 1. The molecule has 11 heavy (non-hydrogen) atoms. The molecule has 1 aromatic rings. The first-order valence-electron chi connectivity index (χ1n) is 3.42. The maximum absolute atomic E-state index is 9.35. The average Bonchev–Trinajstić information content (AvgIpc) is 2.36. The van der Waals surface area contributed by atoms with Crippen molar-refractivity contribution in [3.8, 4) is 6.07 Å². The van der Waals surface area contributed by atoms with Crippen LogP contribution >= 0.6 is 0 Å². The van der Waals surface area contributed by atoms with Crippen LogP contribution in [0.4, 0.5) is 0 Å². The predicted molar refractivity (Wildman–Crippen MR) is 40.6 cm³/mol. The Kier molecular flexibility index (Phi) is 2.29. The Morgan fingerprint density at radius 2 is 2.55 bits per heavy atom. The van der Waals surface area contributed by atoms with E-state index in [4.69, 9.17) is 5.26 Å². The number of nitriles is 1. The molecule has 1 unspecified atom stereocenters. The molecule has 0 bridgehead atoms. The van der Waals surface area contributed by atoms with Crippen molar-refractivity contribution >= 4 is 0 Å². The summed E-state index contributed by atoms with van der Waals surface area (Å²) in [5, 5.41) is 17.7. The van der Waals surface area contributed by atoms with Crippen LogP contribution in [0.5, 0.6) is 0 Å². The van der Waals surface area contributed by atoms with Crippen LogP contribution in [0.2, 0.25) is 0 Å². The van der Waals surface area contributed by atoms with Crippen LogP contribution in [0.25, 0.3) is 0 Å². The standard InChI is InChI=1S/C8H10N2O/c1-10-6-2-3-7(10)8(11)4-5-9/h2-3,6,8,11H,4H2,1H3. The number of rotatable bonds is 2. The molecule has 1 rings (SSSR count). The molecule has 1 atom stereocenters. The van der Waals surface area contributed by atoms with Crippen LogP contribution in [-0.2, 0) is 7.05 Å². The third kappa shape index (κ3) is 1.60. The third-order valence-corrected chi connectivity index (χ3v) is 1.61. The largest absolute Gasteiger partial charge is 0.386 e. The number of aliphatic hydroxyl groups excluding tert-OH is 1. The molecule has 0 aliphatic heterocycles. The smallest absolute Gasteiger partial charge is 0.107 e. The van der Waals surface area contributed by atoms with E-state index in [0.717, 1.165) is 5.69 Å². The van der Waals surface area contributed by atoms with Crippen molar-refractivity contribution in [2.24, 2.45) is 7.05 Å². The Labute approximate surface area is 65.5 Å². The maximum atomic E-state index is 9.35. The van der Waals surface area contributed by atoms with Crippen LogP contribution in [0, 0.1) is 11.3 Å². The molecular weight excluding hydrogens is 140 g/mol.